The molecule has 2 aromatic heterocycles. The minimum absolute atomic E-state index is 0.0163. The van der Waals surface area contributed by atoms with Crippen molar-refractivity contribution in [1.29, 1.82) is 0 Å². The maximum Gasteiger partial charge on any atom is 0.261 e. The average molecular weight is 286 g/mol. The van der Waals surface area contributed by atoms with E-state index in [1.54, 1.807) is 17.5 Å². The zero-order chi connectivity index (χ0) is 13.9. The van der Waals surface area contributed by atoms with Crippen molar-refractivity contribution in [2.24, 2.45) is 0 Å². The van der Waals surface area contributed by atoms with E-state index < -0.39 is 0 Å². The van der Waals surface area contributed by atoms with Gasteiger partial charge < -0.3 is 5.32 Å². The molecule has 2 aromatic rings. The highest BCUT2D eigenvalue weighted by atomic mass is 32.1. The second-order valence-corrected chi connectivity index (χ2v) is 6.35. The number of aryl methyl sites for hydroxylation is 2. The van der Waals surface area contributed by atoms with Crippen molar-refractivity contribution in [1.82, 2.24) is 10.3 Å². The number of amides is 1. The summed E-state index contributed by atoms with van der Waals surface area (Å²) >= 11 is 1.65. The van der Waals surface area contributed by atoms with Gasteiger partial charge >= 0.3 is 0 Å². The molecule has 0 bridgehead atoms. The third kappa shape index (κ3) is 2.75. The summed E-state index contributed by atoms with van der Waals surface area (Å²) in [5.41, 5.74) is 2.26. The van der Waals surface area contributed by atoms with Crippen molar-refractivity contribution >= 4 is 17.2 Å². The van der Waals surface area contributed by atoms with Crippen LogP contribution in [0.2, 0.25) is 0 Å². The van der Waals surface area contributed by atoms with Crippen LogP contribution >= 0.6 is 11.3 Å². The van der Waals surface area contributed by atoms with Gasteiger partial charge in [-0.15, -0.1) is 11.3 Å². The summed E-state index contributed by atoms with van der Waals surface area (Å²) in [6.07, 6.45) is 6.49. The number of carbonyl (C=O) groups excluding carboxylic acids is 1. The number of pyridine rings is 1. The summed E-state index contributed by atoms with van der Waals surface area (Å²) in [5, 5.41) is 3.03. The minimum atomic E-state index is -0.0668. The molecule has 0 aliphatic heterocycles. The van der Waals surface area contributed by atoms with Crippen LogP contribution in [0.15, 0.2) is 30.5 Å². The molecule has 0 unspecified atom stereocenters. The second kappa shape index (κ2) is 5.75. The molecule has 0 saturated heterocycles. The number of hydrogen-bond acceptors (Lipinski definition) is 3. The molecule has 104 valence electrons. The van der Waals surface area contributed by atoms with E-state index in [4.69, 9.17) is 0 Å². The molecule has 2 heterocycles. The van der Waals surface area contributed by atoms with Crippen LogP contribution < -0.4 is 5.32 Å². The Hall–Kier alpha value is -1.68. The maximum atomic E-state index is 12.3. The standard InChI is InChI=1S/C16H18N2OS/c1-11(13-7-4-5-9-17-13)18-16(19)15-10-12-6-2-3-8-14(12)20-15/h4-5,7,9-11H,2-3,6,8H2,1H3,(H,18,19)/t11-/m1/s1. The van der Waals surface area contributed by atoms with E-state index in [0.29, 0.717) is 0 Å². The van der Waals surface area contributed by atoms with Gasteiger partial charge in [0.1, 0.15) is 0 Å². The number of hydrogen-bond donors (Lipinski definition) is 1. The summed E-state index contributed by atoms with van der Waals surface area (Å²) in [4.78, 5) is 18.8. The molecule has 1 atom stereocenters. The number of fused-ring (bicyclic) bond motifs is 1. The highest BCUT2D eigenvalue weighted by Crippen LogP contribution is 2.29. The van der Waals surface area contributed by atoms with Gasteiger partial charge in [-0.2, -0.15) is 0 Å². The SMILES string of the molecule is C[C@@H](NC(=O)c1cc2c(s1)CCCC2)c1ccccn1. The molecule has 0 aromatic carbocycles. The molecule has 1 N–H and O–H groups in total. The van der Waals surface area contributed by atoms with Crippen molar-refractivity contribution in [3.63, 3.8) is 0 Å². The monoisotopic (exact) mass is 286 g/mol. The molecule has 0 saturated carbocycles. The third-order valence-corrected chi connectivity index (χ3v) is 4.94. The minimum Gasteiger partial charge on any atom is -0.343 e. The van der Waals surface area contributed by atoms with E-state index in [1.165, 1.54) is 23.3 Å². The number of nitrogens with zero attached hydrogens (tertiary/aromatic N) is 1. The Balaban J connectivity index is 1.71. The molecule has 4 heteroatoms. The lowest BCUT2D eigenvalue weighted by molar-refractivity contribution is 0.0943. The van der Waals surface area contributed by atoms with Gasteiger partial charge in [-0.25, -0.2) is 0 Å². The Morgan fingerprint density at radius 1 is 1.35 bits per heavy atom. The first kappa shape index (κ1) is 13.3. The van der Waals surface area contributed by atoms with Crippen LogP contribution in [-0.4, -0.2) is 10.9 Å². The van der Waals surface area contributed by atoms with Gasteiger partial charge in [-0.05, 0) is 56.4 Å². The van der Waals surface area contributed by atoms with Crippen LogP contribution in [-0.2, 0) is 12.8 Å². The van der Waals surface area contributed by atoms with Crippen molar-refractivity contribution in [3.05, 3.63) is 51.5 Å². The van der Waals surface area contributed by atoms with Gasteiger partial charge in [0.05, 0.1) is 16.6 Å². The Morgan fingerprint density at radius 3 is 2.95 bits per heavy atom. The van der Waals surface area contributed by atoms with Crippen LogP contribution in [0.3, 0.4) is 0 Å². The van der Waals surface area contributed by atoms with Gasteiger partial charge in [-0.1, -0.05) is 6.07 Å². The van der Waals surface area contributed by atoms with Gasteiger partial charge in [-0.3, -0.25) is 9.78 Å². The van der Waals surface area contributed by atoms with E-state index >= 15 is 0 Å². The number of aromatic nitrogens is 1. The topological polar surface area (TPSA) is 42.0 Å². The molecule has 0 spiro atoms. The third-order valence-electron chi connectivity index (χ3n) is 3.70. The molecular formula is C16H18N2OS. The quantitative estimate of drug-likeness (QED) is 0.938. The van der Waals surface area contributed by atoms with E-state index in [2.05, 4.69) is 16.4 Å². The lowest BCUT2D eigenvalue weighted by Crippen LogP contribution is -2.26. The maximum absolute atomic E-state index is 12.3. The number of thiophene rings is 1. The Kier molecular flexibility index (Phi) is 3.83. The Morgan fingerprint density at radius 2 is 2.20 bits per heavy atom. The van der Waals surface area contributed by atoms with E-state index in [-0.39, 0.29) is 11.9 Å². The lowest BCUT2D eigenvalue weighted by Gasteiger charge is -2.12. The number of carbonyl (C=O) groups is 1. The van der Waals surface area contributed by atoms with Crippen LogP contribution in [0, 0.1) is 0 Å². The van der Waals surface area contributed by atoms with Crippen LogP contribution in [0.4, 0.5) is 0 Å². The van der Waals surface area contributed by atoms with Crippen molar-refractivity contribution in [2.45, 2.75) is 38.6 Å². The van der Waals surface area contributed by atoms with E-state index in [9.17, 15) is 4.79 Å². The predicted octanol–water partition coefficient (Wildman–Crippen LogP) is 3.51. The molecule has 20 heavy (non-hydrogen) atoms. The zero-order valence-electron chi connectivity index (χ0n) is 11.6. The Bertz CT molecular complexity index is 583. The second-order valence-electron chi connectivity index (χ2n) is 5.22. The first-order valence-corrected chi connectivity index (χ1v) is 7.89. The van der Waals surface area contributed by atoms with Crippen molar-refractivity contribution in [2.75, 3.05) is 0 Å². The predicted molar refractivity (Wildman–Crippen MR) is 81.1 cm³/mol. The highest BCUT2D eigenvalue weighted by molar-refractivity contribution is 7.14. The number of nitrogens with one attached hydrogen (secondary N) is 1. The highest BCUT2D eigenvalue weighted by Gasteiger charge is 2.18. The largest absolute Gasteiger partial charge is 0.343 e. The van der Waals surface area contributed by atoms with E-state index in [1.807, 2.05) is 25.1 Å². The molecule has 3 nitrogen and oxygen atoms in total. The molecular weight excluding hydrogens is 268 g/mol. The summed E-state index contributed by atoms with van der Waals surface area (Å²) in [6, 6.07) is 7.76. The first-order chi connectivity index (χ1) is 9.74. The summed E-state index contributed by atoms with van der Waals surface area (Å²) < 4.78 is 0. The average Bonchev–Trinajstić information content (AvgIpc) is 2.92. The van der Waals surface area contributed by atoms with Gasteiger partial charge in [0, 0.05) is 11.1 Å². The summed E-state index contributed by atoms with van der Waals surface area (Å²) in [7, 11) is 0. The first-order valence-electron chi connectivity index (χ1n) is 7.07. The summed E-state index contributed by atoms with van der Waals surface area (Å²) in [5.74, 6) is 0.0163. The lowest BCUT2D eigenvalue weighted by atomic mass is 9.99. The van der Waals surface area contributed by atoms with Gasteiger partial charge in [0.25, 0.3) is 5.91 Å². The molecule has 0 radical (unpaired) electrons. The Labute approximate surface area is 123 Å². The fraction of sp³-hybridized carbons (Fsp3) is 0.375. The molecule has 1 aliphatic carbocycles. The smallest absolute Gasteiger partial charge is 0.261 e. The van der Waals surface area contributed by atoms with Crippen LogP contribution in [0.25, 0.3) is 0 Å². The van der Waals surface area contributed by atoms with Crippen LogP contribution in [0.5, 0.6) is 0 Å². The fourth-order valence-corrected chi connectivity index (χ4v) is 3.73. The molecule has 1 amide bonds. The van der Waals surface area contributed by atoms with Gasteiger partial charge in [0.2, 0.25) is 0 Å². The van der Waals surface area contributed by atoms with Crippen LogP contribution in [0.1, 0.15) is 51.6 Å². The van der Waals surface area contributed by atoms with Crippen molar-refractivity contribution < 1.29 is 4.79 Å². The zero-order valence-corrected chi connectivity index (χ0v) is 12.4. The van der Waals surface area contributed by atoms with Gasteiger partial charge in [0.15, 0.2) is 0 Å². The van der Waals surface area contributed by atoms with Crippen molar-refractivity contribution in [3.8, 4) is 0 Å². The fourth-order valence-electron chi connectivity index (χ4n) is 2.58. The summed E-state index contributed by atoms with van der Waals surface area (Å²) in [6.45, 7) is 1.97. The normalized spacial score (nSPS) is 15.4. The number of rotatable bonds is 3. The molecule has 3 rings (SSSR count). The molecule has 1 aliphatic rings. The van der Waals surface area contributed by atoms with E-state index in [0.717, 1.165) is 23.4 Å². The molecule has 0 fully saturated rings.